The molecule has 6 nitrogen and oxygen atoms in total. The summed E-state index contributed by atoms with van der Waals surface area (Å²) in [6, 6.07) is 14.6. The number of nitrogens with one attached hydrogen (secondary N) is 1. The van der Waals surface area contributed by atoms with Gasteiger partial charge in [-0.15, -0.1) is 0 Å². The molecule has 8 heteroatoms. The minimum atomic E-state index is -0.350. The van der Waals surface area contributed by atoms with E-state index < -0.39 is 0 Å². The molecule has 0 bridgehead atoms. The van der Waals surface area contributed by atoms with E-state index in [4.69, 9.17) is 27.9 Å². The highest BCUT2D eigenvalue weighted by atomic mass is 35.5. The summed E-state index contributed by atoms with van der Waals surface area (Å²) in [6.07, 6.45) is 3.12. The van der Waals surface area contributed by atoms with E-state index in [0.29, 0.717) is 28.0 Å². The van der Waals surface area contributed by atoms with E-state index in [9.17, 15) is 9.59 Å². The first-order valence-electron chi connectivity index (χ1n) is 10.2. The molecule has 0 radical (unpaired) electrons. The number of ketones is 1. The first kappa shape index (κ1) is 20.8. The molecule has 3 heterocycles. The van der Waals surface area contributed by atoms with Crippen LogP contribution in [0.15, 0.2) is 54.7 Å². The lowest BCUT2D eigenvalue weighted by molar-refractivity contribution is -0.125. The zero-order valence-corrected chi connectivity index (χ0v) is 18.5. The van der Waals surface area contributed by atoms with Gasteiger partial charge in [-0.2, -0.15) is 0 Å². The van der Waals surface area contributed by atoms with Crippen LogP contribution in [0.25, 0.3) is 11.1 Å². The molecular formula is C24H19Cl2N3O3. The number of fused-ring (bicyclic) bond motifs is 2. The van der Waals surface area contributed by atoms with Crippen molar-refractivity contribution in [3.05, 3.63) is 70.3 Å². The van der Waals surface area contributed by atoms with Crippen molar-refractivity contribution in [3.8, 4) is 16.9 Å². The SMILES string of the molecule is O=C(CN1C(=O)COc2cc(-c3cc(Cl)cc(Cl)c3)cnc21)C1CCc2ccccc2N1. The molecule has 1 N–H and O–H groups in total. The molecule has 0 spiro atoms. The summed E-state index contributed by atoms with van der Waals surface area (Å²) < 4.78 is 5.62. The number of nitrogens with zero attached hydrogens (tertiary/aromatic N) is 2. The van der Waals surface area contributed by atoms with E-state index >= 15 is 0 Å². The number of benzene rings is 2. The number of ether oxygens (including phenoxy) is 1. The predicted octanol–water partition coefficient (Wildman–Crippen LogP) is 4.78. The van der Waals surface area contributed by atoms with E-state index in [0.717, 1.165) is 23.2 Å². The fourth-order valence-electron chi connectivity index (χ4n) is 4.07. The van der Waals surface area contributed by atoms with Crippen molar-refractivity contribution in [2.75, 3.05) is 23.4 Å². The van der Waals surface area contributed by atoms with Crippen LogP contribution in [0, 0.1) is 0 Å². The highest BCUT2D eigenvalue weighted by Crippen LogP contribution is 2.35. The van der Waals surface area contributed by atoms with Crippen LogP contribution < -0.4 is 15.0 Å². The number of aromatic nitrogens is 1. The Morgan fingerprint density at radius 3 is 2.72 bits per heavy atom. The summed E-state index contributed by atoms with van der Waals surface area (Å²) >= 11 is 12.2. The Labute approximate surface area is 195 Å². The molecule has 162 valence electrons. The average molecular weight is 468 g/mol. The first-order valence-corrected chi connectivity index (χ1v) is 11.0. The Morgan fingerprint density at radius 2 is 1.91 bits per heavy atom. The lowest BCUT2D eigenvalue weighted by Gasteiger charge is -2.31. The van der Waals surface area contributed by atoms with Crippen molar-refractivity contribution in [1.29, 1.82) is 0 Å². The molecule has 1 atom stereocenters. The van der Waals surface area contributed by atoms with E-state index in [1.54, 1.807) is 30.5 Å². The average Bonchev–Trinajstić information content (AvgIpc) is 2.79. The first-order chi connectivity index (χ1) is 15.5. The highest BCUT2D eigenvalue weighted by Gasteiger charge is 2.32. The quantitative estimate of drug-likeness (QED) is 0.597. The fraction of sp³-hybridized carbons (Fsp3) is 0.208. The van der Waals surface area contributed by atoms with Crippen LogP contribution in [0.5, 0.6) is 5.75 Å². The lowest BCUT2D eigenvalue weighted by Crippen LogP contribution is -2.47. The smallest absolute Gasteiger partial charge is 0.266 e. The number of Topliss-reactive ketones (excluding diaryl/α,β-unsaturated/α-hetero) is 1. The molecule has 0 aliphatic carbocycles. The van der Waals surface area contributed by atoms with Crippen molar-refractivity contribution >= 4 is 46.4 Å². The maximum Gasteiger partial charge on any atom is 0.266 e. The number of pyridine rings is 1. The number of hydrogen-bond donors (Lipinski definition) is 1. The molecular weight excluding hydrogens is 449 g/mol. The molecule has 2 aliphatic heterocycles. The number of para-hydroxylation sites is 1. The van der Waals surface area contributed by atoms with Crippen molar-refractivity contribution in [2.45, 2.75) is 18.9 Å². The van der Waals surface area contributed by atoms with Gasteiger partial charge in [0.25, 0.3) is 5.91 Å². The predicted molar refractivity (Wildman–Crippen MR) is 125 cm³/mol. The van der Waals surface area contributed by atoms with Gasteiger partial charge in [0.05, 0.1) is 12.6 Å². The maximum atomic E-state index is 13.0. The number of halogens is 2. The van der Waals surface area contributed by atoms with Crippen molar-refractivity contribution in [1.82, 2.24) is 4.98 Å². The summed E-state index contributed by atoms with van der Waals surface area (Å²) in [6.45, 7) is -0.215. The third-order valence-corrected chi connectivity index (χ3v) is 6.13. The zero-order chi connectivity index (χ0) is 22.2. The molecule has 3 aromatic rings. The van der Waals surface area contributed by atoms with Crippen LogP contribution in [0.4, 0.5) is 11.5 Å². The number of hydrogen-bond acceptors (Lipinski definition) is 5. The molecule has 2 aromatic carbocycles. The molecule has 1 unspecified atom stereocenters. The summed E-state index contributed by atoms with van der Waals surface area (Å²) in [5.74, 6) is 0.414. The van der Waals surface area contributed by atoms with Crippen LogP contribution in [0.1, 0.15) is 12.0 Å². The van der Waals surface area contributed by atoms with Gasteiger partial charge in [-0.3, -0.25) is 14.5 Å². The standard InChI is InChI=1S/C24H19Cl2N3O3/c25-17-7-15(8-18(26)10-17)16-9-22-24(27-11-16)29(23(31)13-32-22)12-21(30)20-6-5-14-3-1-2-4-19(14)28-20/h1-4,7-11,20,28H,5-6,12-13H2. The van der Waals surface area contributed by atoms with Gasteiger partial charge in [0.2, 0.25) is 0 Å². The normalized spacial score (nSPS) is 17.1. The van der Waals surface area contributed by atoms with Gasteiger partial charge in [0.1, 0.15) is 0 Å². The van der Waals surface area contributed by atoms with Gasteiger partial charge in [-0.1, -0.05) is 41.4 Å². The van der Waals surface area contributed by atoms with Gasteiger partial charge >= 0.3 is 0 Å². The van der Waals surface area contributed by atoms with Gasteiger partial charge in [0, 0.05) is 27.5 Å². The van der Waals surface area contributed by atoms with Crippen LogP contribution >= 0.6 is 23.2 Å². The molecule has 5 rings (SSSR count). The molecule has 32 heavy (non-hydrogen) atoms. The van der Waals surface area contributed by atoms with Crippen molar-refractivity contribution in [2.24, 2.45) is 0 Å². The minimum absolute atomic E-state index is 0.0618. The van der Waals surface area contributed by atoms with Crippen LogP contribution in [-0.2, 0) is 16.0 Å². The summed E-state index contributed by atoms with van der Waals surface area (Å²) in [5, 5.41) is 4.32. The number of carbonyl (C=O) groups is 2. The zero-order valence-electron chi connectivity index (χ0n) is 17.0. The topological polar surface area (TPSA) is 71.5 Å². The van der Waals surface area contributed by atoms with Crippen molar-refractivity contribution in [3.63, 3.8) is 0 Å². The third kappa shape index (κ3) is 4.04. The van der Waals surface area contributed by atoms with E-state index in [2.05, 4.69) is 16.4 Å². The van der Waals surface area contributed by atoms with Crippen LogP contribution in [-0.4, -0.2) is 35.9 Å². The molecule has 0 saturated heterocycles. The summed E-state index contributed by atoms with van der Waals surface area (Å²) in [7, 11) is 0. The second-order valence-corrected chi connectivity index (χ2v) is 8.70. The Kier molecular flexibility index (Phi) is 5.49. The Bertz CT molecular complexity index is 1210. The van der Waals surface area contributed by atoms with Crippen LogP contribution in [0.3, 0.4) is 0 Å². The number of aryl methyl sites for hydroxylation is 1. The number of amides is 1. The van der Waals surface area contributed by atoms with E-state index in [-0.39, 0.29) is 30.9 Å². The Morgan fingerprint density at radius 1 is 1.12 bits per heavy atom. The maximum absolute atomic E-state index is 13.0. The second-order valence-electron chi connectivity index (χ2n) is 7.83. The van der Waals surface area contributed by atoms with Gasteiger partial charge in [0.15, 0.2) is 24.0 Å². The number of carbonyl (C=O) groups excluding carboxylic acids is 2. The molecule has 0 fully saturated rings. The lowest BCUT2D eigenvalue weighted by atomic mass is 9.95. The van der Waals surface area contributed by atoms with Gasteiger partial charge < -0.3 is 10.1 Å². The molecule has 2 aliphatic rings. The second kappa shape index (κ2) is 8.45. The summed E-state index contributed by atoms with van der Waals surface area (Å²) in [4.78, 5) is 31.5. The largest absolute Gasteiger partial charge is 0.480 e. The van der Waals surface area contributed by atoms with E-state index in [1.165, 1.54) is 10.5 Å². The van der Waals surface area contributed by atoms with Gasteiger partial charge in [-0.05, 0) is 54.3 Å². The van der Waals surface area contributed by atoms with Crippen LogP contribution in [0.2, 0.25) is 10.0 Å². The Hall–Kier alpha value is -3.09. The van der Waals surface area contributed by atoms with Gasteiger partial charge in [-0.25, -0.2) is 4.98 Å². The minimum Gasteiger partial charge on any atom is -0.480 e. The number of rotatable bonds is 4. The Balaban J connectivity index is 1.38. The highest BCUT2D eigenvalue weighted by molar-refractivity contribution is 6.35. The third-order valence-electron chi connectivity index (χ3n) is 5.69. The molecule has 0 saturated carbocycles. The van der Waals surface area contributed by atoms with Crippen molar-refractivity contribution < 1.29 is 14.3 Å². The molecule has 1 aromatic heterocycles. The fourth-order valence-corrected chi connectivity index (χ4v) is 4.60. The number of anilines is 2. The molecule has 1 amide bonds. The monoisotopic (exact) mass is 467 g/mol. The summed E-state index contributed by atoms with van der Waals surface area (Å²) in [5.41, 5.74) is 3.69. The van der Waals surface area contributed by atoms with E-state index in [1.807, 2.05) is 18.2 Å².